The number of hydrogen-bond acceptors (Lipinski definition) is 6. The smallest absolute Gasteiger partial charge is 0.224 e. The Morgan fingerprint density at radius 1 is 1.00 bits per heavy atom. The second-order valence-corrected chi connectivity index (χ2v) is 8.05. The first kappa shape index (κ1) is 17.2. The predicted molar refractivity (Wildman–Crippen MR) is 116 cm³/mol. The van der Waals surface area contributed by atoms with E-state index in [1.165, 1.54) is 16.7 Å². The Morgan fingerprint density at radius 3 is 2.61 bits per heavy atom. The molecular weight excluding hydrogens is 416 g/mol. The van der Waals surface area contributed by atoms with Gasteiger partial charge in [-0.15, -0.1) is 0 Å². The lowest BCUT2D eigenvalue weighted by Gasteiger charge is -2.32. The Bertz CT molecular complexity index is 1090. The molecule has 0 bridgehead atoms. The molecule has 5 N–H and O–H groups in total. The third-order valence-corrected chi connectivity index (χ3v) is 5.98. The first-order valence-electron chi connectivity index (χ1n) is 9.22. The van der Waals surface area contributed by atoms with Gasteiger partial charge in [0.2, 0.25) is 5.95 Å². The summed E-state index contributed by atoms with van der Waals surface area (Å²) in [6.07, 6.45) is 1.99. The van der Waals surface area contributed by atoms with Gasteiger partial charge in [0.1, 0.15) is 5.69 Å². The fourth-order valence-corrected chi connectivity index (χ4v) is 4.42. The van der Waals surface area contributed by atoms with E-state index < -0.39 is 0 Å². The third kappa shape index (κ3) is 2.82. The van der Waals surface area contributed by atoms with E-state index in [1.54, 1.807) is 0 Å². The van der Waals surface area contributed by atoms with Gasteiger partial charge < -0.3 is 16.8 Å². The molecule has 2 heterocycles. The van der Waals surface area contributed by atoms with Crippen molar-refractivity contribution < 1.29 is 0 Å². The number of aromatic nitrogens is 2. The summed E-state index contributed by atoms with van der Waals surface area (Å²) in [4.78, 5) is 13.5. The second kappa shape index (κ2) is 6.60. The standard InChI is InChI=1S/C21H19BrN6/c22-13-8-5-12(6-9-13)16-15-10-7-11-3-1-2-4-14(11)17(15)25-18-19(23)27-21(24)28-20(18)26-16/h1-6,8-9,15-16H,7,10H2,(H5,23,24,26,27,28). The molecule has 0 spiro atoms. The average molecular weight is 435 g/mol. The van der Waals surface area contributed by atoms with E-state index in [0.29, 0.717) is 17.3 Å². The van der Waals surface area contributed by atoms with Gasteiger partial charge in [0, 0.05) is 10.4 Å². The van der Waals surface area contributed by atoms with Gasteiger partial charge in [0.05, 0.1) is 11.8 Å². The van der Waals surface area contributed by atoms with E-state index in [2.05, 4.69) is 79.7 Å². The van der Waals surface area contributed by atoms with Crippen molar-refractivity contribution in [3.05, 3.63) is 69.7 Å². The minimum absolute atomic E-state index is 0.00940. The Balaban J connectivity index is 1.74. The molecule has 0 saturated heterocycles. The van der Waals surface area contributed by atoms with Gasteiger partial charge in [-0.3, -0.25) is 0 Å². The topological polar surface area (TPSA) is 102 Å². The van der Waals surface area contributed by atoms with Crippen molar-refractivity contribution >= 4 is 44.9 Å². The van der Waals surface area contributed by atoms with Crippen LogP contribution in [0.4, 0.5) is 23.3 Å². The largest absolute Gasteiger partial charge is 0.382 e. The van der Waals surface area contributed by atoms with E-state index in [0.717, 1.165) is 23.0 Å². The van der Waals surface area contributed by atoms with E-state index in [9.17, 15) is 0 Å². The van der Waals surface area contributed by atoms with E-state index >= 15 is 0 Å². The number of hydrogen-bond donors (Lipinski definition) is 3. The van der Waals surface area contributed by atoms with Crippen molar-refractivity contribution in [3.63, 3.8) is 0 Å². The van der Waals surface area contributed by atoms with Crippen LogP contribution in [-0.2, 0) is 6.42 Å². The molecule has 140 valence electrons. The molecule has 2 aromatic carbocycles. The van der Waals surface area contributed by atoms with Crippen molar-refractivity contribution in [1.29, 1.82) is 0 Å². The van der Waals surface area contributed by atoms with Crippen molar-refractivity contribution in [3.8, 4) is 0 Å². The number of rotatable bonds is 1. The van der Waals surface area contributed by atoms with Gasteiger partial charge in [-0.25, -0.2) is 4.99 Å². The van der Waals surface area contributed by atoms with Crippen molar-refractivity contribution in [2.45, 2.75) is 18.9 Å². The number of nitrogens with two attached hydrogens (primary N) is 2. The normalized spacial score (nSPS) is 20.1. The molecule has 0 fully saturated rings. The third-order valence-electron chi connectivity index (χ3n) is 5.45. The Kier molecular flexibility index (Phi) is 4.05. The van der Waals surface area contributed by atoms with Crippen LogP contribution in [0.1, 0.15) is 29.2 Å². The molecule has 0 saturated carbocycles. The number of aryl methyl sites for hydroxylation is 1. The Morgan fingerprint density at radius 2 is 1.79 bits per heavy atom. The van der Waals surface area contributed by atoms with Gasteiger partial charge in [0.15, 0.2) is 11.6 Å². The molecule has 2 unspecified atom stereocenters. The molecule has 2 aliphatic rings. The van der Waals surface area contributed by atoms with Crippen LogP contribution >= 0.6 is 15.9 Å². The average Bonchev–Trinajstić information content (AvgIpc) is 2.86. The highest BCUT2D eigenvalue weighted by Crippen LogP contribution is 2.44. The van der Waals surface area contributed by atoms with Crippen molar-refractivity contribution in [1.82, 2.24) is 9.97 Å². The molecule has 1 aliphatic heterocycles. The molecule has 1 aliphatic carbocycles. The zero-order valence-electron chi connectivity index (χ0n) is 15.1. The summed E-state index contributed by atoms with van der Waals surface area (Å²) in [5, 5.41) is 3.57. The number of nitrogens with one attached hydrogen (secondary N) is 1. The molecule has 0 radical (unpaired) electrons. The zero-order valence-corrected chi connectivity index (χ0v) is 16.6. The summed E-state index contributed by atoms with van der Waals surface area (Å²) >= 11 is 3.52. The van der Waals surface area contributed by atoms with Crippen LogP contribution < -0.4 is 16.8 Å². The van der Waals surface area contributed by atoms with Gasteiger partial charge >= 0.3 is 0 Å². The minimum atomic E-state index is 0.00940. The molecule has 2 atom stereocenters. The van der Waals surface area contributed by atoms with Crippen molar-refractivity contribution in [2.75, 3.05) is 16.8 Å². The SMILES string of the molecule is Nc1nc(N)c2c(n1)NC(c1ccc(Br)cc1)C1CCc3ccccc3C1=N2. The highest BCUT2D eigenvalue weighted by Gasteiger charge is 2.36. The first-order valence-corrected chi connectivity index (χ1v) is 10.0. The predicted octanol–water partition coefficient (Wildman–Crippen LogP) is 4.25. The molecule has 1 aromatic heterocycles. The van der Waals surface area contributed by atoms with E-state index in [-0.39, 0.29) is 17.9 Å². The highest BCUT2D eigenvalue weighted by molar-refractivity contribution is 9.10. The quantitative estimate of drug-likeness (QED) is 0.530. The molecule has 7 heteroatoms. The van der Waals surface area contributed by atoms with E-state index in [1.807, 2.05) is 0 Å². The van der Waals surface area contributed by atoms with Gasteiger partial charge in [-0.2, -0.15) is 9.97 Å². The number of nitrogens with zero attached hydrogens (tertiary/aromatic N) is 3. The minimum Gasteiger partial charge on any atom is -0.382 e. The number of halogens is 1. The molecule has 0 amide bonds. The maximum atomic E-state index is 6.17. The highest BCUT2D eigenvalue weighted by atomic mass is 79.9. The molecule has 6 nitrogen and oxygen atoms in total. The van der Waals surface area contributed by atoms with Gasteiger partial charge in [0.25, 0.3) is 0 Å². The summed E-state index contributed by atoms with van der Waals surface area (Å²) in [5.74, 6) is 1.20. The Labute approximate surface area is 171 Å². The summed E-state index contributed by atoms with van der Waals surface area (Å²) in [6.45, 7) is 0. The first-order chi connectivity index (χ1) is 13.6. The van der Waals surface area contributed by atoms with E-state index in [4.69, 9.17) is 16.5 Å². The Hall–Kier alpha value is -2.93. The lowest BCUT2D eigenvalue weighted by molar-refractivity contribution is 0.533. The number of benzene rings is 2. The van der Waals surface area contributed by atoms with Crippen LogP contribution in [0.15, 0.2) is 58.0 Å². The maximum Gasteiger partial charge on any atom is 0.224 e. The van der Waals surface area contributed by atoms with Gasteiger partial charge in [-0.05, 0) is 41.7 Å². The summed E-state index contributed by atoms with van der Waals surface area (Å²) in [6, 6.07) is 16.8. The number of fused-ring (bicyclic) bond motifs is 4. The van der Waals surface area contributed by atoms with Crippen LogP contribution in [-0.4, -0.2) is 15.7 Å². The maximum absolute atomic E-state index is 6.17. The van der Waals surface area contributed by atoms with Crippen LogP contribution in [0.25, 0.3) is 0 Å². The number of anilines is 3. The number of aliphatic imine (C=N–C) groups is 1. The van der Waals surface area contributed by atoms with Gasteiger partial charge in [-0.1, -0.05) is 52.3 Å². The molecular formula is C21H19BrN6. The fourth-order valence-electron chi connectivity index (χ4n) is 4.16. The number of nitrogen functional groups attached to an aromatic ring is 2. The monoisotopic (exact) mass is 434 g/mol. The zero-order chi connectivity index (χ0) is 19.3. The second-order valence-electron chi connectivity index (χ2n) is 7.14. The fraction of sp³-hybridized carbons (Fsp3) is 0.190. The van der Waals surface area contributed by atoms with Crippen LogP contribution in [0.5, 0.6) is 0 Å². The summed E-state index contributed by atoms with van der Waals surface area (Å²) < 4.78 is 1.05. The lowest BCUT2D eigenvalue weighted by Crippen LogP contribution is -2.31. The summed E-state index contributed by atoms with van der Waals surface area (Å²) in [7, 11) is 0. The van der Waals surface area contributed by atoms with Crippen molar-refractivity contribution in [2.24, 2.45) is 10.9 Å². The molecule has 3 aromatic rings. The van der Waals surface area contributed by atoms with Crippen LogP contribution in [0.2, 0.25) is 0 Å². The van der Waals surface area contributed by atoms with Crippen LogP contribution in [0.3, 0.4) is 0 Å². The van der Waals surface area contributed by atoms with Crippen LogP contribution in [0, 0.1) is 5.92 Å². The summed E-state index contributed by atoms with van der Waals surface area (Å²) in [5.41, 5.74) is 17.3. The molecule has 5 rings (SSSR count). The molecule has 28 heavy (non-hydrogen) atoms. The lowest BCUT2D eigenvalue weighted by atomic mass is 9.76.